The van der Waals surface area contributed by atoms with Crippen LogP contribution in [0.3, 0.4) is 0 Å². The lowest BCUT2D eigenvalue weighted by molar-refractivity contribution is -0.113. The molecule has 0 fully saturated rings. The molecule has 2 nitrogen and oxygen atoms in total. The highest BCUT2D eigenvalue weighted by molar-refractivity contribution is 5.98. The third kappa shape index (κ3) is 1.35. The van der Waals surface area contributed by atoms with Crippen molar-refractivity contribution < 1.29 is 4.79 Å². The highest BCUT2D eigenvalue weighted by Gasteiger charge is 2.18. The number of rotatable bonds is 1. The number of Topliss-reactive ketones (excluding diaryl/α,β-unsaturated/α-hetero) is 1. The zero-order valence-electron chi connectivity index (χ0n) is 7.45. The number of carbonyl (C=O) groups is 1. The maximum Gasteiger partial charge on any atom is 0.160 e. The quantitative estimate of drug-likeness (QED) is 0.650. The van der Waals surface area contributed by atoms with Crippen molar-refractivity contribution in [1.29, 1.82) is 0 Å². The molecule has 0 aromatic rings. The van der Waals surface area contributed by atoms with Crippen molar-refractivity contribution >= 4 is 5.78 Å². The van der Waals surface area contributed by atoms with Gasteiger partial charge in [-0.3, -0.25) is 4.79 Å². The Morgan fingerprint density at radius 3 is 3.00 bits per heavy atom. The average Bonchev–Trinajstić information content (AvgIpc) is 2.17. The van der Waals surface area contributed by atoms with Crippen molar-refractivity contribution in [1.82, 2.24) is 5.32 Å². The fraction of sp³-hybridized carbons (Fsp3) is 0.182. The number of hydrogen-bond donors (Lipinski definition) is 1. The predicted octanol–water partition coefficient (Wildman–Crippen LogP) is 1.48. The summed E-state index contributed by atoms with van der Waals surface area (Å²) in [6.07, 6.45) is 11.6. The van der Waals surface area contributed by atoms with E-state index in [-0.39, 0.29) is 11.8 Å². The molecule has 1 atom stereocenters. The van der Waals surface area contributed by atoms with Gasteiger partial charge in [0, 0.05) is 5.57 Å². The molecule has 0 bridgehead atoms. The van der Waals surface area contributed by atoms with Crippen molar-refractivity contribution in [3.05, 3.63) is 47.7 Å². The molecule has 66 valence electrons. The number of carbonyl (C=O) groups excluding carboxylic acids is 1. The molecular formula is C11H11NO. The van der Waals surface area contributed by atoms with Crippen molar-refractivity contribution in [2.75, 3.05) is 0 Å². The van der Waals surface area contributed by atoms with Gasteiger partial charge in [0.15, 0.2) is 5.78 Å². The van der Waals surface area contributed by atoms with Crippen LogP contribution < -0.4 is 5.32 Å². The van der Waals surface area contributed by atoms with Gasteiger partial charge in [0.1, 0.15) is 0 Å². The molecule has 2 aliphatic rings. The minimum atomic E-state index is 0.123. The molecule has 1 heterocycles. The van der Waals surface area contributed by atoms with Gasteiger partial charge >= 0.3 is 0 Å². The largest absolute Gasteiger partial charge is 0.381 e. The minimum absolute atomic E-state index is 0.123. The Morgan fingerprint density at radius 1 is 1.38 bits per heavy atom. The summed E-state index contributed by atoms with van der Waals surface area (Å²) < 4.78 is 0. The van der Waals surface area contributed by atoms with Crippen molar-refractivity contribution in [2.24, 2.45) is 0 Å². The summed E-state index contributed by atoms with van der Waals surface area (Å²) in [7, 11) is 0. The Bertz CT molecular complexity index is 358. The summed E-state index contributed by atoms with van der Waals surface area (Å²) in [6, 6.07) is 0.175. The Balaban J connectivity index is 2.47. The second kappa shape index (κ2) is 3.05. The molecule has 0 aromatic heterocycles. The fourth-order valence-corrected chi connectivity index (χ4v) is 1.60. The molecule has 0 saturated carbocycles. The zero-order valence-corrected chi connectivity index (χ0v) is 7.45. The Labute approximate surface area is 77.3 Å². The van der Waals surface area contributed by atoms with Gasteiger partial charge in [0.2, 0.25) is 0 Å². The number of allylic oxidation sites excluding steroid dienone is 4. The highest BCUT2D eigenvalue weighted by Crippen LogP contribution is 2.20. The van der Waals surface area contributed by atoms with E-state index in [1.54, 1.807) is 6.92 Å². The van der Waals surface area contributed by atoms with Crippen LogP contribution in [0.1, 0.15) is 6.92 Å². The number of fused-ring (bicyclic) bond motifs is 1. The number of nitrogens with one attached hydrogen (secondary N) is 1. The topological polar surface area (TPSA) is 29.1 Å². The van der Waals surface area contributed by atoms with Crippen molar-refractivity contribution in [3.8, 4) is 0 Å². The van der Waals surface area contributed by atoms with Crippen LogP contribution in [-0.2, 0) is 4.79 Å². The molecule has 0 aromatic carbocycles. The molecule has 1 unspecified atom stereocenters. The molecule has 1 aliphatic carbocycles. The molecule has 2 heteroatoms. The van der Waals surface area contributed by atoms with E-state index in [9.17, 15) is 4.79 Å². The minimum Gasteiger partial charge on any atom is -0.381 e. The van der Waals surface area contributed by atoms with Crippen LogP contribution in [-0.4, -0.2) is 11.8 Å². The van der Waals surface area contributed by atoms with E-state index in [0.717, 1.165) is 11.1 Å². The summed E-state index contributed by atoms with van der Waals surface area (Å²) in [6.45, 7) is 1.60. The molecule has 0 amide bonds. The van der Waals surface area contributed by atoms with Crippen LogP contribution in [0.25, 0.3) is 0 Å². The first-order valence-electron chi connectivity index (χ1n) is 4.31. The lowest BCUT2D eigenvalue weighted by Gasteiger charge is -2.23. The van der Waals surface area contributed by atoms with E-state index >= 15 is 0 Å². The van der Waals surface area contributed by atoms with Gasteiger partial charge in [0.25, 0.3) is 0 Å². The normalized spacial score (nSPS) is 24.2. The second-order valence-corrected chi connectivity index (χ2v) is 3.15. The number of dihydropyridines is 1. The maximum absolute atomic E-state index is 11.3. The van der Waals surface area contributed by atoms with E-state index in [4.69, 9.17) is 0 Å². The molecule has 0 saturated heterocycles. The smallest absolute Gasteiger partial charge is 0.160 e. The summed E-state index contributed by atoms with van der Waals surface area (Å²) >= 11 is 0. The molecule has 0 spiro atoms. The predicted molar refractivity (Wildman–Crippen MR) is 52.1 cm³/mol. The first-order chi connectivity index (χ1) is 6.29. The summed E-state index contributed by atoms with van der Waals surface area (Å²) in [5.74, 6) is 0.123. The zero-order chi connectivity index (χ0) is 9.26. The summed E-state index contributed by atoms with van der Waals surface area (Å²) in [5.41, 5.74) is 1.88. The van der Waals surface area contributed by atoms with E-state index < -0.39 is 0 Å². The fourth-order valence-electron chi connectivity index (χ4n) is 1.60. The van der Waals surface area contributed by atoms with Crippen molar-refractivity contribution in [3.63, 3.8) is 0 Å². The van der Waals surface area contributed by atoms with Crippen LogP contribution in [0.15, 0.2) is 47.7 Å². The molecule has 2 rings (SSSR count). The van der Waals surface area contributed by atoms with Crippen LogP contribution in [0.5, 0.6) is 0 Å². The lowest BCUT2D eigenvalue weighted by Crippen LogP contribution is -2.29. The van der Waals surface area contributed by atoms with E-state index in [1.807, 2.05) is 36.6 Å². The SMILES string of the molecule is CC(=O)C1=C2C=CC=CC2NC=C1. The summed E-state index contributed by atoms with van der Waals surface area (Å²) in [4.78, 5) is 11.3. The standard InChI is InChI=1S/C11H11NO/c1-8(13)9-6-7-12-11-5-3-2-4-10(9)11/h2-7,11-12H,1H3. The van der Waals surface area contributed by atoms with Crippen molar-refractivity contribution in [2.45, 2.75) is 13.0 Å². The van der Waals surface area contributed by atoms with Gasteiger partial charge in [-0.05, 0) is 24.8 Å². The van der Waals surface area contributed by atoms with E-state index in [1.165, 1.54) is 0 Å². The molecule has 1 aliphatic heterocycles. The first kappa shape index (κ1) is 8.05. The third-order valence-corrected chi connectivity index (χ3v) is 2.24. The number of ketones is 1. The Hall–Kier alpha value is -1.57. The van der Waals surface area contributed by atoms with Gasteiger partial charge in [-0.2, -0.15) is 0 Å². The highest BCUT2D eigenvalue weighted by atomic mass is 16.1. The van der Waals surface area contributed by atoms with Crippen LogP contribution in [0.2, 0.25) is 0 Å². The van der Waals surface area contributed by atoms with Crippen LogP contribution in [0, 0.1) is 0 Å². The maximum atomic E-state index is 11.3. The lowest BCUT2D eigenvalue weighted by atomic mass is 9.92. The van der Waals surface area contributed by atoms with E-state index in [0.29, 0.717) is 0 Å². The Morgan fingerprint density at radius 2 is 2.23 bits per heavy atom. The monoisotopic (exact) mass is 173 g/mol. The molecule has 13 heavy (non-hydrogen) atoms. The van der Waals surface area contributed by atoms with Gasteiger partial charge in [0.05, 0.1) is 6.04 Å². The van der Waals surface area contributed by atoms with Crippen LogP contribution in [0.4, 0.5) is 0 Å². The third-order valence-electron chi connectivity index (χ3n) is 2.24. The van der Waals surface area contributed by atoms with Gasteiger partial charge in [-0.25, -0.2) is 0 Å². The van der Waals surface area contributed by atoms with E-state index in [2.05, 4.69) is 5.32 Å². The second-order valence-electron chi connectivity index (χ2n) is 3.15. The average molecular weight is 173 g/mol. The molecule has 1 N–H and O–H groups in total. The van der Waals surface area contributed by atoms with Crippen LogP contribution >= 0.6 is 0 Å². The summed E-state index contributed by atoms with van der Waals surface area (Å²) in [5, 5.41) is 3.18. The Kier molecular flexibility index (Phi) is 1.89. The van der Waals surface area contributed by atoms with Gasteiger partial charge < -0.3 is 5.32 Å². The molecular weight excluding hydrogens is 162 g/mol. The number of hydrogen-bond acceptors (Lipinski definition) is 2. The van der Waals surface area contributed by atoms with Gasteiger partial charge in [-0.1, -0.05) is 24.3 Å². The molecule has 0 radical (unpaired) electrons. The van der Waals surface area contributed by atoms with Gasteiger partial charge in [-0.15, -0.1) is 0 Å². The first-order valence-corrected chi connectivity index (χ1v) is 4.31.